The van der Waals surface area contributed by atoms with Crippen molar-refractivity contribution in [3.63, 3.8) is 0 Å². The molecule has 4 heteroatoms. The lowest BCUT2D eigenvalue weighted by Gasteiger charge is -2.16. The van der Waals surface area contributed by atoms with Crippen LogP contribution in [0.25, 0.3) is 0 Å². The lowest BCUT2D eigenvalue weighted by atomic mass is 10.00. The van der Waals surface area contributed by atoms with Crippen molar-refractivity contribution in [3.8, 4) is 0 Å². The van der Waals surface area contributed by atoms with E-state index >= 15 is 0 Å². The molecule has 64 valence electrons. The van der Waals surface area contributed by atoms with Crippen molar-refractivity contribution in [3.05, 3.63) is 11.3 Å². The van der Waals surface area contributed by atoms with E-state index in [1.807, 2.05) is 0 Å². The number of carbonyl (C=O) groups is 1. The Morgan fingerprint density at radius 2 is 1.73 bits per heavy atom. The Morgan fingerprint density at radius 3 is 1.82 bits per heavy atom. The van der Waals surface area contributed by atoms with Crippen molar-refractivity contribution < 1.29 is 9.18 Å². The van der Waals surface area contributed by atoms with Gasteiger partial charge in [-0.3, -0.25) is 4.79 Å². The highest BCUT2D eigenvalue weighted by atomic mass is 19.1. The SMILES string of the molecule is C/C(=C(\N)C(N)=O)C(C)(C)F. The largest absolute Gasteiger partial charge is 0.394 e. The van der Waals surface area contributed by atoms with Gasteiger partial charge in [-0.25, -0.2) is 4.39 Å². The average Bonchev–Trinajstić information content (AvgIpc) is 1.82. The highest BCUT2D eigenvalue weighted by Crippen LogP contribution is 2.20. The number of amides is 1. The van der Waals surface area contributed by atoms with Crippen LogP contribution in [-0.4, -0.2) is 11.6 Å². The maximum atomic E-state index is 13.0. The Kier molecular flexibility index (Phi) is 2.62. The van der Waals surface area contributed by atoms with Crippen LogP contribution in [0.1, 0.15) is 20.8 Å². The molecule has 0 aliphatic carbocycles. The van der Waals surface area contributed by atoms with Crippen molar-refractivity contribution in [2.24, 2.45) is 11.5 Å². The second kappa shape index (κ2) is 2.90. The van der Waals surface area contributed by atoms with E-state index in [4.69, 9.17) is 11.5 Å². The minimum Gasteiger partial charge on any atom is -0.394 e. The molecule has 3 nitrogen and oxygen atoms in total. The first-order chi connectivity index (χ1) is 4.76. The summed E-state index contributed by atoms with van der Waals surface area (Å²) >= 11 is 0. The molecule has 0 spiro atoms. The number of alkyl halides is 1. The Morgan fingerprint density at radius 1 is 1.36 bits per heavy atom. The number of rotatable bonds is 2. The number of halogens is 1. The van der Waals surface area contributed by atoms with Crippen LogP contribution in [-0.2, 0) is 4.79 Å². The summed E-state index contributed by atoms with van der Waals surface area (Å²) in [5, 5.41) is 0. The van der Waals surface area contributed by atoms with E-state index in [-0.39, 0.29) is 11.3 Å². The molecule has 0 saturated heterocycles. The van der Waals surface area contributed by atoms with Gasteiger partial charge in [0.2, 0.25) is 0 Å². The molecule has 0 aromatic rings. The maximum absolute atomic E-state index is 13.0. The van der Waals surface area contributed by atoms with Gasteiger partial charge in [0.1, 0.15) is 5.67 Å². The Balaban J connectivity index is 4.82. The summed E-state index contributed by atoms with van der Waals surface area (Å²) in [6.07, 6.45) is 0. The zero-order valence-electron chi connectivity index (χ0n) is 6.94. The summed E-state index contributed by atoms with van der Waals surface area (Å²) in [5.41, 5.74) is 8.45. The van der Waals surface area contributed by atoms with Gasteiger partial charge in [-0.1, -0.05) is 0 Å². The minimum absolute atomic E-state index is 0.171. The Hall–Kier alpha value is -1.06. The molecular formula is C7H13FN2O. The average molecular weight is 160 g/mol. The molecule has 1 amide bonds. The maximum Gasteiger partial charge on any atom is 0.264 e. The van der Waals surface area contributed by atoms with Crippen molar-refractivity contribution in [1.29, 1.82) is 0 Å². The monoisotopic (exact) mass is 160 g/mol. The summed E-state index contributed by atoms with van der Waals surface area (Å²) < 4.78 is 13.0. The molecule has 0 saturated carbocycles. The van der Waals surface area contributed by atoms with E-state index < -0.39 is 11.6 Å². The second-order valence-corrected chi connectivity index (χ2v) is 2.88. The van der Waals surface area contributed by atoms with Crippen LogP contribution >= 0.6 is 0 Å². The van der Waals surface area contributed by atoms with Crippen molar-refractivity contribution in [2.75, 3.05) is 0 Å². The molecule has 0 aromatic heterocycles. The molecule has 0 radical (unpaired) electrons. The first kappa shape index (κ1) is 9.94. The third kappa shape index (κ3) is 2.57. The van der Waals surface area contributed by atoms with Crippen LogP contribution in [0.2, 0.25) is 0 Å². The van der Waals surface area contributed by atoms with Gasteiger partial charge in [-0.05, 0) is 26.3 Å². The molecule has 0 rings (SSSR count). The summed E-state index contributed by atoms with van der Waals surface area (Å²) in [6, 6.07) is 0. The quantitative estimate of drug-likeness (QED) is 0.576. The molecule has 0 heterocycles. The molecule has 11 heavy (non-hydrogen) atoms. The topological polar surface area (TPSA) is 69.1 Å². The highest BCUT2D eigenvalue weighted by molar-refractivity contribution is 5.91. The molecule has 0 bridgehead atoms. The Labute approximate surface area is 65.2 Å². The number of hydrogen-bond acceptors (Lipinski definition) is 2. The molecule has 0 aliphatic rings. The lowest BCUT2D eigenvalue weighted by Crippen LogP contribution is -2.27. The van der Waals surface area contributed by atoms with Gasteiger partial charge in [0, 0.05) is 0 Å². The third-order valence-corrected chi connectivity index (χ3v) is 1.56. The number of nitrogens with two attached hydrogens (primary N) is 2. The van der Waals surface area contributed by atoms with E-state index in [0.29, 0.717) is 0 Å². The van der Waals surface area contributed by atoms with E-state index in [2.05, 4.69) is 0 Å². The zero-order chi connectivity index (χ0) is 9.23. The van der Waals surface area contributed by atoms with Crippen molar-refractivity contribution in [2.45, 2.75) is 26.4 Å². The fourth-order valence-electron chi connectivity index (χ4n) is 0.505. The molecule has 0 aliphatic heterocycles. The van der Waals surface area contributed by atoms with E-state index in [1.165, 1.54) is 20.8 Å². The fourth-order valence-corrected chi connectivity index (χ4v) is 0.505. The van der Waals surface area contributed by atoms with Crippen LogP contribution < -0.4 is 11.5 Å². The van der Waals surface area contributed by atoms with Gasteiger partial charge >= 0.3 is 0 Å². The molecule has 0 aromatic carbocycles. The number of primary amides is 1. The summed E-state index contributed by atoms with van der Waals surface area (Å²) in [6.45, 7) is 4.08. The van der Waals surface area contributed by atoms with Gasteiger partial charge in [0.15, 0.2) is 0 Å². The molecule has 4 N–H and O–H groups in total. The number of allylic oxidation sites excluding steroid dienone is 1. The van der Waals surface area contributed by atoms with E-state index in [1.54, 1.807) is 0 Å². The highest BCUT2D eigenvalue weighted by Gasteiger charge is 2.22. The summed E-state index contributed by atoms with van der Waals surface area (Å²) in [4.78, 5) is 10.5. The molecule has 0 fully saturated rings. The van der Waals surface area contributed by atoms with Crippen molar-refractivity contribution in [1.82, 2.24) is 0 Å². The first-order valence-corrected chi connectivity index (χ1v) is 3.22. The van der Waals surface area contributed by atoms with Gasteiger partial charge in [0.25, 0.3) is 5.91 Å². The molecule has 0 unspecified atom stereocenters. The van der Waals surface area contributed by atoms with Crippen LogP contribution in [0.5, 0.6) is 0 Å². The lowest BCUT2D eigenvalue weighted by molar-refractivity contribution is -0.114. The number of hydrogen-bond donors (Lipinski definition) is 2. The second-order valence-electron chi connectivity index (χ2n) is 2.88. The van der Waals surface area contributed by atoms with Crippen molar-refractivity contribution >= 4 is 5.91 Å². The Bertz CT molecular complexity index is 203. The predicted molar refractivity (Wildman–Crippen MR) is 41.3 cm³/mol. The molecular weight excluding hydrogens is 147 g/mol. The van der Waals surface area contributed by atoms with Gasteiger partial charge in [-0.15, -0.1) is 0 Å². The van der Waals surface area contributed by atoms with Gasteiger partial charge in [0.05, 0.1) is 5.70 Å². The van der Waals surface area contributed by atoms with Crippen LogP contribution in [0.15, 0.2) is 11.3 Å². The predicted octanol–water partition coefficient (Wildman–Crippen LogP) is 0.453. The van der Waals surface area contributed by atoms with E-state index in [9.17, 15) is 9.18 Å². The first-order valence-electron chi connectivity index (χ1n) is 3.22. The van der Waals surface area contributed by atoms with Crippen LogP contribution in [0.3, 0.4) is 0 Å². The van der Waals surface area contributed by atoms with Crippen LogP contribution in [0.4, 0.5) is 4.39 Å². The third-order valence-electron chi connectivity index (χ3n) is 1.56. The molecule has 0 atom stereocenters. The number of carbonyl (C=O) groups excluding carboxylic acids is 1. The minimum atomic E-state index is -1.58. The zero-order valence-corrected chi connectivity index (χ0v) is 6.94. The van der Waals surface area contributed by atoms with Gasteiger partial charge < -0.3 is 11.5 Å². The normalized spacial score (nSPS) is 14.2. The summed E-state index contributed by atoms with van der Waals surface area (Å²) in [5.74, 6) is -0.784. The smallest absolute Gasteiger partial charge is 0.264 e. The van der Waals surface area contributed by atoms with Crippen LogP contribution in [0, 0.1) is 0 Å². The van der Waals surface area contributed by atoms with E-state index in [0.717, 1.165) is 0 Å². The van der Waals surface area contributed by atoms with Gasteiger partial charge in [-0.2, -0.15) is 0 Å². The fraction of sp³-hybridized carbons (Fsp3) is 0.571. The summed E-state index contributed by atoms with van der Waals surface area (Å²) in [7, 11) is 0. The standard InChI is InChI=1S/C7H13FN2O/c1-4(7(2,3)8)5(9)6(10)11/h9H2,1-3H3,(H2,10,11)/b5-4+.